The van der Waals surface area contributed by atoms with E-state index in [2.05, 4.69) is 10.3 Å². The number of carbonyl (C=O) groups is 2. The number of amides is 1. The van der Waals surface area contributed by atoms with E-state index in [0.717, 1.165) is 12.8 Å². The Bertz CT molecular complexity index is 535. The summed E-state index contributed by atoms with van der Waals surface area (Å²) in [6.07, 6.45) is 4.13. The first-order valence-corrected chi connectivity index (χ1v) is 6.99. The van der Waals surface area contributed by atoms with Crippen molar-refractivity contribution in [1.82, 2.24) is 10.3 Å². The van der Waals surface area contributed by atoms with E-state index in [1.165, 1.54) is 12.3 Å². The maximum absolute atomic E-state index is 12.3. The number of hydrogen-bond donors (Lipinski definition) is 2. The largest absolute Gasteiger partial charge is 0.480 e. The molecular weight excluding hydrogens is 280 g/mol. The number of halogens is 1. The fourth-order valence-corrected chi connectivity index (χ4v) is 2.96. The number of hydrogen-bond acceptors (Lipinski definition) is 3. The van der Waals surface area contributed by atoms with E-state index in [0.29, 0.717) is 12.8 Å². The molecule has 2 rings (SSSR count). The Morgan fingerprint density at radius 3 is 2.90 bits per heavy atom. The molecule has 20 heavy (non-hydrogen) atoms. The average Bonchev–Trinajstić information content (AvgIpc) is 2.38. The molecule has 5 nitrogen and oxygen atoms in total. The number of aromatic nitrogens is 1. The van der Waals surface area contributed by atoms with Gasteiger partial charge in [-0.15, -0.1) is 0 Å². The van der Waals surface area contributed by atoms with E-state index in [-0.39, 0.29) is 16.6 Å². The van der Waals surface area contributed by atoms with Gasteiger partial charge in [0, 0.05) is 6.20 Å². The predicted octanol–water partition coefficient (Wildman–Crippen LogP) is 2.50. The molecule has 1 saturated carbocycles. The number of carbonyl (C=O) groups excluding carboxylic acids is 1. The molecule has 2 N–H and O–H groups in total. The monoisotopic (exact) mass is 296 g/mol. The number of pyridine rings is 1. The van der Waals surface area contributed by atoms with Crippen LogP contribution in [0.3, 0.4) is 0 Å². The Labute approximate surface area is 122 Å². The van der Waals surface area contributed by atoms with Crippen LogP contribution in [-0.4, -0.2) is 27.5 Å². The number of nitrogens with zero attached hydrogens (tertiary/aromatic N) is 1. The van der Waals surface area contributed by atoms with Crippen LogP contribution in [0.15, 0.2) is 18.3 Å². The van der Waals surface area contributed by atoms with Gasteiger partial charge in [0.05, 0.1) is 5.56 Å². The summed E-state index contributed by atoms with van der Waals surface area (Å²) >= 11 is 5.87. The van der Waals surface area contributed by atoms with E-state index < -0.39 is 17.4 Å². The van der Waals surface area contributed by atoms with E-state index in [4.69, 9.17) is 11.6 Å². The molecular formula is C14H17ClN2O3. The van der Waals surface area contributed by atoms with Gasteiger partial charge in [-0.3, -0.25) is 4.79 Å². The molecule has 1 fully saturated rings. The Hall–Kier alpha value is -1.62. The lowest BCUT2D eigenvalue weighted by Crippen LogP contribution is -2.56. The SMILES string of the molecule is CC1CCCC(NC(=O)c2cccnc2Cl)(C(=O)O)C1. The predicted molar refractivity (Wildman–Crippen MR) is 74.7 cm³/mol. The van der Waals surface area contributed by atoms with Gasteiger partial charge < -0.3 is 10.4 Å². The van der Waals surface area contributed by atoms with Gasteiger partial charge in [-0.25, -0.2) is 9.78 Å². The van der Waals surface area contributed by atoms with Gasteiger partial charge >= 0.3 is 5.97 Å². The minimum absolute atomic E-state index is 0.0781. The second-order valence-corrected chi connectivity index (χ2v) is 5.74. The Morgan fingerprint density at radius 1 is 1.55 bits per heavy atom. The molecule has 1 aliphatic rings. The van der Waals surface area contributed by atoms with Gasteiger partial charge in [0.15, 0.2) is 0 Å². The number of nitrogens with one attached hydrogen (secondary N) is 1. The molecule has 0 radical (unpaired) electrons. The van der Waals surface area contributed by atoms with Crippen molar-refractivity contribution in [2.24, 2.45) is 5.92 Å². The third-order valence-corrected chi connectivity index (χ3v) is 4.06. The zero-order valence-corrected chi connectivity index (χ0v) is 12.0. The maximum Gasteiger partial charge on any atom is 0.329 e. The van der Waals surface area contributed by atoms with Crippen molar-refractivity contribution < 1.29 is 14.7 Å². The topological polar surface area (TPSA) is 79.3 Å². The van der Waals surface area contributed by atoms with Crippen molar-refractivity contribution in [1.29, 1.82) is 0 Å². The van der Waals surface area contributed by atoms with Crippen LogP contribution in [0.1, 0.15) is 43.0 Å². The van der Waals surface area contributed by atoms with Crippen molar-refractivity contribution in [3.8, 4) is 0 Å². The minimum atomic E-state index is -1.20. The highest BCUT2D eigenvalue weighted by molar-refractivity contribution is 6.32. The minimum Gasteiger partial charge on any atom is -0.480 e. The smallest absolute Gasteiger partial charge is 0.329 e. The molecule has 0 spiro atoms. The lowest BCUT2D eigenvalue weighted by atomic mass is 9.76. The Balaban J connectivity index is 2.23. The van der Waals surface area contributed by atoms with Crippen LogP contribution in [0.4, 0.5) is 0 Å². The molecule has 0 bridgehead atoms. The third kappa shape index (κ3) is 2.93. The third-order valence-electron chi connectivity index (χ3n) is 3.76. The summed E-state index contributed by atoms with van der Waals surface area (Å²) in [6.45, 7) is 2.00. The standard InChI is InChI=1S/C14H17ClN2O3/c1-9-4-2-6-14(8-9,13(19)20)17-12(18)10-5-3-7-16-11(10)15/h3,5,7,9H,2,4,6,8H2,1H3,(H,17,18)(H,19,20). The van der Waals surface area contributed by atoms with Gasteiger partial charge in [-0.2, -0.15) is 0 Å². The zero-order valence-electron chi connectivity index (χ0n) is 11.2. The molecule has 1 aliphatic carbocycles. The maximum atomic E-state index is 12.3. The molecule has 1 aromatic heterocycles. The fraction of sp³-hybridized carbons (Fsp3) is 0.500. The second-order valence-electron chi connectivity index (χ2n) is 5.38. The normalized spacial score (nSPS) is 26.0. The average molecular weight is 297 g/mol. The van der Waals surface area contributed by atoms with Crippen molar-refractivity contribution in [2.75, 3.05) is 0 Å². The second kappa shape index (κ2) is 5.79. The molecule has 1 amide bonds. The van der Waals surface area contributed by atoms with Crippen molar-refractivity contribution >= 4 is 23.5 Å². The first-order chi connectivity index (χ1) is 9.44. The quantitative estimate of drug-likeness (QED) is 0.840. The van der Waals surface area contributed by atoms with Gasteiger partial charge in [-0.05, 0) is 30.9 Å². The molecule has 2 unspecified atom stereocenters. The molecule has 1 heterocycles. The first-order valence-electron chi connectivity index (χ1n) is 6.61. The molecule has 0 saturated heterocycles. The summed E-state index contributed by atoms with van der Waals surface area (Å²) in [5.41, 5.74) is -0.999. The summed E-state index contributed by atoms with van der Waals surface area (Å²) in [5, 5.41) is 12.2. The van der Waals surface area contributed by atoms with Crippen LogP contribution in [0, 0.1) is 5.92 Å². The Morgan fingerprint density at radius 2 is 2.30 bits per heavy atom. The van der Waals surface area contributed by atoms with Crippen LogP contribution in [0.2, 0.25) is 5.15 Å². The summed E-state index contributed by atoms with van der Waals surface area (Å²) in [5.74, 6) is -1.21. The van der Waals surface area contributed by atoms with Crippen molar-refractivity contribution in [2.45, 2.75) is 38.1 Å². The summed E-state index contributed by atoms with van der Waals surface area (Å²) in [4.78, 5) is 27.7. The van der Waals surface area contributed by atoms with E-state index in [9.17, 15) is 14.7 Å². The van der Waals surface area contributed by atoms with Gasteiger partial charge in [0.1, 0.15) is 10.7 Å². The van der Waals surface area contributed by atoms with Gasteiger partial charge in [0.2, 0.25) is 0 Å². The van der Waals surface area contributed by atoms with Gasteiger partial charge in [0.25, 0.3) is 5.91 Å². The highest BCUT2D eigenvalue weighted by Gasteiger charge is 2.43. The number of rotatable bonds is 3. The van der Waals surface area contributed by atoms with Crippen LogP contribution >= 0.6 is 11.6 Å². The number of carboxylic acid groups (broad SMARTS) is 1. The highest BCUT2D eigenvalue weighted by Crippen LogP contribution is 2.33. The van der Waals surface area contributed by atoms with Crippen LogP contribution in [0.25, 0.3) is 0 Å². The molecule has 108 valence electrons. The number of carboxylic acids is 1. The molecule has 1 aromatic rings. The fourth-order valence-electron chi connectivity index (χ4n) is 2.75. The Kier molecular flexibility index (Phi) is 4.28. The van der Waals surface area contributed by atoms with Gasteiger partial charge in [-0.1, -0.05) is 31.4 Å². The van der Waals surface area contributed by atoms with Crippen molar-refractivity contribution in [3.63, 3.8) is 0 Å². The van der Waals surface area contributed by atoms with E-state index >= 15 is 0 Å². The number of aliphatic carboxylic acids is 1. The molecule has 2 atom stereocenters. The van der Waals surface area contributed by atoms with E-state index in [1.807, 2.05) is 6.92 Å². The van der Waals surface area contributed by atoms with Crippen LogP contribution in [-0.2, 0) is 4.79 Å². The molecule has 0 aromatic carbocycles. The molecule has 0 aliphatic heterocycles. The lowest BCUT2D eigenvalue weighted by Gasteiger charge is -2.37. The van der Waals surface area contributed by atoms with Crippen molar-refractivity contribution in [3.05, 3.63) is 29.0 Å². The van der Waals surface area contributed by atoms with Crippen LogP contribution in [0.5, 0.6) is 0 Å². The molecule has 6 heteroatoms. The lowest BCUT2D eigenvalue weighted by molar-refractivity contribution is -0.146. The summed E-state index contributed by atoms with van der Waals surface area (Å²) in [7, 11) is 0. The zero-order chi connectivity index (χ0) is 14.8. The summed E-state index contributed by atoms with van der Waals surface area (Å²) in [6, 6.07) is 3.13. The van der Waals surface area contributed by atoms with E-state index in [1.54, 1.807) is 6.07 Å². The highest BCUT2D eigenvalue weighted by atomic mass is 35.5. The summed E-state index contributed by atoms with van der Waals surface area (Å²) < 4.78 is 0. The first kappa shape index (κ1) is 14.8. The van der Waals surface area contributed by atoms with Crippen LogP contribution < -0.4 is 5.32 Å².